The third-order valence-corrected chi connectivity index (χ3v) is 5.54. The molecule has 40 heavy (non-hydrogen) atoms. The molecule has 2 aliphatic rings. The fourth-order valence-electron chi connectivity index (χ4n) is 3.94. The molecule has 0 unspecified atom stereocenters. The summed E-state index contributed by atoms with van der Waals surface area (Å²) in [6.07, 6.45) is -3.69. The van der Waals surface area contributed by atoms with Crippen LogP contribution in [0.3, 0.4) is 0 Å². The molecule has 2 aliphatic heterocycles. The van der Waals surface area contributed by atoms with E-state index in [1.165, 1.54) is 60.7 Å². The molecule has 206 valence electrons. The summed E-state index contributed by atoms with van der Waals surface area (Å²) < 4.78 is 85.3. The van der Waals surface area contributed by atoms with Gasteiger partial charge in [-0.25, -0.2) is 19.6 Å². The maximum absolute atomic E-state index is 12.7. The van der Waals surface area contributed by atoms with Gasteiger partial charge in [0.05, 0.1) is 33.8 Å². The molecule has 2 N–H and O–H groups in total. The van der Waals surface area contributed by atoms with E-state index in [-0.39, 0.29) is 44.9 Å². The Bertz CT molecular complexity index is 1640. The number of hydrogen-bond acceptors (Lipinski definition) is 6. The number of alkyl halides is 6. The molecule has 0 fully saturated rings. The van der Waals surface area contributed by atoms with Crippen molar-refractivity contribution in [2.45, 2.75) is 12.4 Å². The number of aromatic nitrogens is 4. The summed E-state index contributed by atoms with van der Waals surface area (Å²) in [4.78, 5) is 39.9. The zero-order valence-electron chi connectivity index (χ0n) is 20.0. The number of aromatic amines is 2. The number of H-pyrrole nitrogens is 2. The van der Waals surface area contributed by atoms with Crippen LogP contribution in [0.2, 0.25) is 0 Å². The Kier molecular flexibility index (Phi) is 6.69. The molecular weight excluding hydrogens is 546 g/mol. The Balaban J connectivity index is 1.72. The number of carbonyl (C=O) groups excluding carboxylic acids is 2. The first-order valence-electron chi connectivity index (χ1n) is 11.4. The number of carbonyl (C=O) groups is 2. The highest BCUT2D eigenvalue weighted by atomic mass is 19.4. The quantitative estimate of drug-likeness (QED) is 0.203. The van der Waals surface area contributed by atoms with E-state index in [0.717, 1.165) is 0 Å². The SMILES string of the molecule is O=C(OCC(F)(F)F)c1c2nc(cc3ccc([nH]3)c(C(=O)OCC(F)(F)F)c3ccc(cc4nc1C=C4)[nH]3)C=C2. The molecule has 3 aromatic heterocycles. The van der Waals surface area contributed by atoms with Crippen molar-refractivity contribution in [1.82, 2.24) is 19.9 Å². The number of nitrogens with one attached hydrogen (secondary N) is 2. The van der Waals surface area contributed by atoms with E-state index in [1.807, 2.05) is 0 Å². The molecule has 5 rings (SSSR count). The van der Waals surface area contributed by atoms with Crippen molar-refractivity contribution in [3.63, 3.8) is 0 Å². The van der Waals surface area contributed by atoms with Crippen molar-refractivity contribution >= 4 is 58.3 Å². The first kappa shape index (κ1) is 26.7. The van der Waals surface area contributed by atoms with Gasteiger partial charge in [-0.05, 0) is 60.7 Å². The predicted molar refractivity (Wildman–Crippen MR) is 132 cm³/mol. The summed E-state index contributed by atoms with van der Waals surface area (Å²) in [6.45, 7) is -3.57. The van der Waals surface area contributed by atoms with Crippen LogP contribution in [0, 0.1) is 0 Å². The van der Waals surface area contributed by atoms with Gasteiger partial charge >= 0.3 is 24.3 Å². The zero-order valence-corrected chi connectivity index (χ0v) is 20.0. The number of hydrogen-bond donors (Lipinski definition) is 2. The minimum Gasteiger partial charge on any atom is -0.452 e. The van der Waals surface area contributed by atoms with Crippen LogP contribution in [-0.2, 0) is 9.47 Å². The second-order valence-corrected chi connectivity index (χ2v) is 8.59. The lowest BCUT2D eigenvalue weighted by molar-refractivity contribution is -0.161. The van der Waals surface area contributed by atoms with Crippen LogP contribution in [0.1, 0.15) is 43.5 Å². The summed E-state index contributed by atoms with van der Waals surface area (Å²) in [5, 5.41) is 0. The number of nitrogens with zero attached hydrogens (tertiary/aromatic N) is 2. The second kappa shape index (κ2) is 10.0. The van der Waals surface area contributed by atoms with Gasteiger partial charge in [0.25, 0.3) is 0 Å². The van der Waals surface area contributed by atoms with E-state index in [1.54, 1.807) is 0 Å². The normalized spacial score (nSPS) is 12.9. The molecule has 0 saturated carbocycles. The number of rotatable bonds is 4. The maximum atomic E-state index is 12.7. The minimum absolute atomic E-state index is 0.00656. The largest absolute Gasteiger partial charge is 0.452 e. The second-order valence-electron chi connectivity index (χ2n) is 8.59. The van der Waals surface area contributed by atoms with E-state index in [2.05, 4.69) is 29.4 Å². The molecule has 3 aromatic rings. The topological polar surface area (TPSA) is 110 Å². The molecule has 0 radical (unpaired) electrons. The number of ether oxygens (including phenoxy) is 2. The van der Waals surface area contributed by atoms with Crippen molar-refractivity contribution in [1.29, 1.82) is 0 Å². The van der Waals surface area contributed by atoms with Crippen LogP contribution < -0.4 is 0 Å². The molecule has 8 nitrogen and oxygen atoms in total. The Hall–Kier alpha value is -4.88. The van der Waals surface area contributed by atoms with E-state index in [0.29, 0.717) is 11.0 Å². The molecule has 8 bridgehead atoms. The lowest BCUT2D eigenvalue weighted by atomic mass is 10.1. The Morgan fingerprint density at radius 2 is 1.07 bits per heavy atom. The first-order chi connectivity index (χ1) is 18.8. The number of halogens is 6. The molecule has 5 heterocycles. The minimum atomic E-state index is -4.74. The van der Waals surface area contributed by atoms with Gasteiger partial charge in [0, 0.05) is 11.0 Å². The van der Waals surface area contributed by atoms with Crippen LogP contribution in [0.5, 0.6) is 0 Å². The van der Waals surface area contributed by atoms with Crippen LogP contribution >= 0.6 is 0 Å². The maximum Gasteiger partial charge on any atom is 0.422 e. The lowest BCUT2D eigenvalue weighted by Gasteiger charge is -2.08. The molecule has 0 aliphatic carbocycles. The Morgan fingerprint density at radius 3 is 1.50 bits per heavy atom. The average Bonchev–Trinajstić information content (AvgIpc) is 3.66. The van der Waals surface area contributed by atoms with Gasteiger partial charge in [-0.15, -0.1) is 0 Å². The molecule has 0 saturated heterocycles. The predicted octanol–water partition coefficient (Wildman–Crippen LogP) is 6.09. The van der Waals surface area contributed by atoms with Gasteiger partial charge in [0.1, 0.15) is 11.1 Å². The van der Waals surface area contributed by atoms with Crippen molar-refractivity contribution in [3.05, 3.63) is 70.3 Å². The summed E-state index contributed by atoms with van der Waals surface area (Å²) in [7, 11) is 0. The summed E-state index contributed by atoms with van der Waals surface area (Å²) >= 11 is 0. The lowest BCUT2D eigenvalue weighted by Crippen LogP contribution is -2.21. The van der Waals surface area contributed by atoms with Gasteiger partial charge in [-0.1, -0.05) is 0 Å². The van der Waals surface area contributed by atoms with Crippen molar-refractivity contribution in [2.75, 3.05) is 13.2 Å². The molecule has 0 spiro atoms. The Labute approximate surface area is 220 Å². The summed E-state index contributed by atoms with van der Waals surface area (Å²) in [5.74, 6) is -2.49. The summed E-state index contributed by atoms with van der Waals surface area (Å²) in [6, 6.07) is 8.96. The van der Waals surface area contributed by atoms with Gasteiger partial charge in [0.2, 0.25) is 0 Å². The highest BCUT2D eigenvalue weighted by Gasteiger charge is 2.32. The van der Waals surface area contributed by atoms with Crippen LogP contribution in [0.25, 0.3) is 46.4 Å². The monoisotopic (exact) mass is 562 g/mol. The van der Waals surface area contributed by atoms with Crippen LogP contribution in [-0.4, -0.2) is 57.4 Å². The van der Waals surface area contributed by atoms with Gasteiger partial charge < -0.3 is 19.4 Å². The van der Waals surface area contributed by atoms with Gasteiger partial charge in [0.15, 0.2) is 13.2 Å². The third kappa shape index (κ3) is 6.06. The standard InChI is InChI=1S/C26H16F6N4O4/c27-25(28,29)11-39-23(37)21-17-5-1-13(33-17)9-14-2-6-19(34-14)22(24(38)40-12-26(30,31)32)20-8-4-16(36-20)10-15-3-7-18(21)35-15/h1-10,33,35H,11-12H2. The molecule has 0 amide bonds. The van der Waals surface area contributed by atoms with Crippen molar-refractivity contribution < 1.29 is 45.4 Å². The average molecular weight is 562 g/mol. The van der Waals surface area contributed by atoms with Crippen molar-refractivity contribution in [3.8, 4) is 0 Å². The first-order valence-corrected chi connectivity index (χ1v) is 11.4. The van der Waals surface area contributed by atoms with E-state index in [9.17, 15) is 35.9 Å². The molecule has 0 aromatic carbocycles. The third-order valence-electron chi connectivity index (χ3n) is 5.54. The number of esters is 2. The van der Waals surface area contributed by atoms with Crippen LogP contribution in [0.15, 0.2) is 36.4 Å². The molecule has 0 atom stereocenters. The smallest absolute Gasteiger partial charge is 0.422 e. The van der Waals surface area contributed by atoms with E-state index in [4.69, 9.17) is 0 Å². The highest BCUT2D eigenvalue weighted by Crippen LogP contribution is 2.25. The summed E-state index contributed by atoms with van der Waals surface area (Å²) in [5.41, 5.74) is 1.13. The van der Waals surface area contributed by atoms with Gasteiger partial charge in [-0.3, -0.25) is 0 Å². The molecule has 14 heteroatoms. The zero-order chi connectivity index (χ0) is 28.7. The fourth-order valence-corrected chi connectivity index (χ4v) is 3.94. The van der Waals surface area contributed by atoms with E-state index >= 15 is 0 Å². The highest BCUT2D eigenvalue weighted by molar-refractivity contribution is 6.04. The Morgan fingerprint density at radius 1 is 0.650 bits per heavy atom. The van der Waals surface area contributed by atoms with Crippen molar-refractivity contribution in [2.24, 2.45) is 0 Å². The van der Waals surface area contributed by atoms with Crippen LogP contribution in [0.4, 0.5) is 26.3 Å². The number of fused-ring (bicyclic) bond motifs is 8. The van der Waals surface area contributed by atoms with E-state index < -0.39 is 37.5 Å². The fraction of sp³-hybridized carbons (Fsp3) is 0.154. The van der Waals surface area contributed by atoms with Gasteiger partial charge in [-0.2, -0.15) is 26.3 Å². The molecular formula is C26H16F6N4O4.